The maximum Gasteiger partial charge on any atom is 0.270 e. The molecule has 0 aliphatic heterocycles. The zero-order chi connectivity index (χ0) is 9.68. The molecule has 1 aromatic carbocycles. The van der Waals surface area contributed by atoms with Crippen LogP contribution in [0.1, 0.15) is 0 Å². The number of hydrogen-bond acceptors (Lipinski definition) is 3. The standard InChI is InChI=1S/C8H7BrN2O2/c9-6-3-1-2-4-7(6)11-8(12)5-10-13/h1-5,13H,(H,11,12). The third-order valence-corrected chi connectivity index (χ3v) is 2.00. The first kappa shape index (κ1) is 9.73. The van der Waals surface area contributed by atoms with Crippen LogP contribution in [0.15, 0.2) is 33.9 Å². The Morgan fingerprint density at radius 2 is 2.23 bits per heavy atom. The molecule has 1 aromatic rings. The minimum atomic E-state index is -0.477. The summed E-state index contributed by atoms with van der Waals surface area (Å²) in [5.74, 6) is -0.477. The highest BCUT2D eigenvalue weighted by Gasteiger charge is 2.01. The van der Waals surface area contributed by atoms with Crippen molar-refractivity contribution in [2.75, 3.05) is 5.32 Å². The summed E-state index contributed by atoms with van der Waals surface area (Å²) in [5.41, 5.74) is 0.632. The van der Waals surface area contributed by atoms with Gasteiger partial charge in [0.25, 0.3) is 5.91 Å². The lowest BCUT2D eigenvalue weighted by atomic mass is 10.3. The maximum atomic E-state index is 10.9. The van der Waals surface area contributed by atoms with E-state index in [4.69, 9.17) is 5.21 Å². The van der Waals surface area contributed by atoms with Crippen molar-refractivity contribution in [2.45, 2.75) is 0 Å². The van der Waals surface area contributed by atoms with E-state index < -0.39 is 5.91 Å². The lowest BCUT2D eigenvalue weighted by molar-refractivity contribution is -0.110. The van der Waals surface area contributed by atoms with Gasteiger partial charge < -0.3 is 10.5 Å². The molecule has 5 heteroatoms. The smallest absolute Gasteiger partial charge is 0.270 e. The average Bonchev–Trinajstić information content (AvgIpc) is 2.09. The number of carbonyl (C=O) groups is 1. The first-order valence-corrected chi connectivity index (χ1v) is 4.26. The van der Waals surface area contributed by atoms with Crippen LogP contribution in [-0.2, 0) is 4.79 Å². The van der Waals surface area contributed by atoms with Crippen LogP contribution in [0.2, 0.25) is 0 Å². The Kier molecular flexibility index (Phi) is 3.45. The van der Waals surface area contributed by atoms with Gasteiger partial charge in [-0.3, -0.25) is 4.79 Å². The lowest BCUT2D eigenvalue weighted by Gasteiger charge is -2.02. The van der Waals surface area contributed by atoms with Gasteiger partial charge >= 0.3 is 0 Å². The fraction of sp³-hybridized carbons (Fsp3) is 0. The van der Waals surface area contributed by atoms with Crippen molar-refractivity contribution in [3.63, 3.8) is 0 Å². The number of carbonyl (C=O) groups excluding carboxylic acids is 1. The summed E-state index contributed by atoms with van der Waals surface area (Å²) < 4.78 is 0.773. The van der Waals surface area contributed by atoms with Gasteiger partial charge in [-0.2, -0.15) is 0 Å². The molecule has 13 heavy (non-hydrogen) atoms. The number of anilines is 1. The second-order valence-electron chi connectivity index (χ2n) is 2.21. The molecular formula is C8H7BrN2O2. The molecule has 0 saturated carbocycles. The fourth-order valence-corrected chi connectivity index (χ4v) is 1.16. The first-order chi connectivity index (χ1) is 6.24. The van der Waals surface area contributed by atoms with Gasteiger partial charge in [-0.05, 0) is 28.1 Å². The molecule has 0 unspecified atom stereocenters. The number of hydrogen-bond donors (Lipinski definition) is 2. The highest BCUT2D eigenvalue weighted by atomic mass is 79.9. The van der Waals surface area contributed by atoms with Crippen molar-refractivity contribution in [3.05, 3.63) is 28.7 Å². The number of halogens is 1. The van der Waals surface area contributed by atoms with E-state index in [-0.39, 0.29) is 0 Å². The Balaban J connectivity index is 2.74. The van der Waals surface area contributed by atoms with E-state index in [0.717, 1.165) is 10.7 Å². The molecule has 0 bridgehead atoms. The molecule has 0 aliphatic rings. The summed E-state index contributed by atoms with van der Waals surface area (Å²) in [7, 11) is 0. The number of oxime groups is 1. The van der Waals surface area contributed by atoms with Crippen LogP contribution < -0.4 is 5.32 Å². The minimum Gasteiger partial charge on any atom is -0.411 e. The van der Waals surface area contributed by atoms with Gasteiger partial charge in [-0.25, -0.2) is 0 Å². The van der Waals surface area contributed by atoms with Crippen LogP contribution in [0.25, 0.3) is 0 Å². The Morgan fingerprint density at radius 3 is 2.85 bits per heavy atom. The predicted octanol–water partition coefficient (Wildman–Crippen LogP) is 1.85. The predicted molar refractivity (Wildman–Crippen MR) is 53.1 cm³/mol. The summed E-state index contributed by atoms with van der Waals surface area (Å²) in [6, 6.07) is 7.15. The van der Waals surface area contributed by atoms with Crippen LogP contribution >= 0.6 is 15.9 Å². The van der Waals surface area contributed by atoms with Gasteiger partial charge in [0.2, 0.25) is 0 Å². The Morgan fingerprint density at radius 1 is 1.54 bits per heavy atom. The van der Waals surface area contributed by atoms with Crippen LogP contribution in [0.3, 0.4) is 0 Å². The van der Waals surface area contributed by atoms with E-state index in [0.29, 0.717) is 5.69 Å². The molecule has 0 heterocycles. The first-order valence-electron chi connectivity index (χ1n) is 3.47. The average molecular weight is 243 g/mol. The molecule has 1 amide bonds. The number of amides is 1. The summed E-state index contributed by atoms with van der Waals surface area (Å²) in [4.78, 5) is 10.9. The van der Waals surface area contributed by atoms with Gasteiger partial charge in [-0.1, -0.05) is 17.3 Å². The van der Waals surface area contributed by atoms with Crippen molar-refractivity contribution >= 4 is 33.7 Å². The summed E-state index contributed by atoms with van der Waals surface area (Å²) >= 11 is 3.25. The summed E-state index contributed by atoms with van der Waals surface area (Å²) in [6.45, 7) is 0. The SMILES string of the molecule is O=C(C=NO)Nc1ccccc1Br. The van der Waals surface area contributed by atoms with Gasteiger partial charge in [0.1, 0.15) is 6.21 Å². The number of nitrogens with zero attached hydrogens (tertiary/aromatic N) is 1. The largest absolute Gasteiger partial charge is 0.411 e. The number of para-hydroxylation sites is 1. The van der Waals surface area contributed by atoms with E-state index in [9.17, 15) is 4.79 Å². The molecule has 1 rings (SSSR count). The van der Waals surface area contributed by atoms with Crippen LogP contribution in [0, 0.1) is 0 Å². The second kappa shape index (κ2) is 4.61. The van der Waals surface area contributed by atoms with E-state index in [1.165, 1.54) is 0 Å². The van der Waals surface area contributed by atoms with E-state index in [2.05, 4.69) is 26.4 Å². The number of rotatable bonds is 2. The summed E-state index contributed by atoms with van der Waals surface area (Å²) in [6.07, 6.45) is 0.791. The normalized spacial score (nSPS) is 10.2. The molecule has 0 aliphatic carbocycles. The molecular weight excluding hydrogens is 236 g/mol. The van der Waals surface area contributed by atoms with Gasteiger partial charge in [0.15, 0.2) is 0 Å². The molecule has 4 nitrogen and oxygen atoms in total. The molecule has 2 N–H and O–H groups in total. The minimum absolute atomic E-state index is 0.477. The Bertz CT molecular complexity index is 339. The van der Waals surface area contributed by atoms with Gasteiger partial charge in [-0.15, -0.1) is 0 Å². The van der Waals surface area contributed by atoms with Crippen molar-refractivity contribution in [1.82, 2.24) is 0 Å². The third-order valence-electron chi connectivity index (χ3n) is 1.31. The topological polar surface area (TPSA) is 61.7 Å². The molecule has 0 fully saturated rings. The maximum absolute atomic E-state index is 10.9. The van der Waals surface area contributed by atoms with Crippen molar-refractivity contribution in [2.24, 2.45) is 5.16 Å². The van der Waals surface area contributed by atoms with Gasteiger partial charge in [0, 0.05) is 4.47 Å². The number of nitrogens with one attached hydrogen (secondary N) is 1. The van der Waals surface area contributed by atoms with Crippen molar-refractivity contribution < 1.29 is 10.0 Å². The second-order valence-corrected chi connectivity index (χ2v) is 3.07. The third kappa shape index (κ3) is 2.87. The zero-order valence-electron chi connectivity index (χ0n) is 6.57. The van der Waals surface area contributed by atoms with E-state index >= 15 is 0 Å². The van der Waals surface area contributed by atoms with Crippen LogP contribution in [0.5, 0.6) is 0 Å². The summed E-state index contributed by atoms with van der Waals surface area (Å²) in [5, 5.41) is 13.2. The number of benzene rings is 1. The Labute approximate surface area is 83.4 Å². The van der Waals surface area contributed by atoms with Crippen molar-refractivity contribution in [1.29, 1.82) is 0 Å². The quantitative estimate of drug-likeness (QED) is 0.473. The molecule has 0 radical (unpaired) electrons. The highest BCUT2D eigenvalue weighted by Crippen LogP contribution is 2.20. The Hall–Kier alpha value is -1.36. The van der Waals surface area contributed by atoms with E-state index in [1.54, 1.807) is 18.2 Å². The van der Waals surface area contributed by atoms with Crippen molar-refractivity contribution in [3.8, 4) is 0 Å². The zero-order valence-corrected chi connectivity index (χ0v) is 8.15. The monoisotopic (exact) mass is 242 g/mol. The fourth-order valence-electron chi connectivity index (χ4n) is 0.780. The lowest BCUT2D eigenvalue weighted by Crippen LogP contribution is -2.12. The molecule has 0 atom stereocenters. The molecule has 0 spiro atoms. The highest BCUT2D eigenvalue weighted by molar-refractivity contribution is 9.10. The van der Waals surface area contributed by atoms with Gasteiger partial charge in [0.05, 0.1) is 5.69 Å². The van der Waals surface area contributed by atoms with Crippen LogP contribution in [0.4, 0.5) is 5.69 Å². The molecule has 68 valence electrons. The molecule has 0 aromatic heterocycles. The van der Waals surface area contributed by atoms with Crippen LogP contribution in [-0.4, -0.2) is 17.3 Å². The van der Waals surface area contributed by atoms with E-state index in [1.807, 2.05) is 6.07 Å². The molecule has 0 saturated heterocycles.